The summed E-state index contributed by atoms with van der Waals surface area (Å²) in [6.07, 6.45) is 0. The summed E-state index contributed by atoms with van der Waals surface area (Å²) >= 11 is 0. The maximum absolute atomic E-state index is 7.62. The van der Waals surface area contributed by atoms with Crippen LogP contribution in [0.15, 0.2) is 0 Å². The highest BCUT2D eigenvalue weighted by atomic mass is 16.4. The molecule has 0 bridgehead atoms. The van der Waals surface area contributed by atoms with Crippen molar-refractivity contribution in [3.05, 3.63) is 0 Å². The van der Waals surface area contributed by atoms with Crippen LogP contribution in [0.3, 0.4) is 0 Å². The van der Waals surface area contributed by atoms with Crippen molar-refractivity contribution in [2.45, 2.75) is 0 Å². The van der Waals surface area contributed by atoms with Crippen molar-refractivity contribution in [1.29, 1.82) is 0 Å². The first kappa shape index (κ1) is 10.0. The van der Waals surface area contributed by atoms with E-state index in [2.05, 4.69) is 0 Å². The number of aliphatic hydroxyl groups is 2. The first-order valence-corrected chi connectivity index (χ1v) is 1.76. The SMILES string of the molecule is OBO.OCCO. The van der Waals surface area contributed by atoms with Gasteiger partial charge >= 0.3 is 7.69 Å². The number of aliphatic hydroxyl groups excluding tert-OH is 2. The van der Waals surface area contributed by atoms with E-state index < -0.39 is 7.69 Å². The molecule has 0 atom stereocenters. The molecule has 0 saturated heterocycles. The van der Waals surface area contributed by atoms with E-state index in [0.29, 0.717) is 0 Å². The van der Waals surface area contributed by atoms with Crippen molar-refractivity contribution in [2.24, 2.45) is 0 Å². The zero-order valence-corrected chi connectivity index (χ0v) is 3.91. The third-order valence-corrected chi connectivity index (χ3v) is 0.1000. The third-order valence-electron chi connectivity index (χ3n) is 0.1000. The van der Waals surface area contributed by atoms with Crippen LogP contribution in [0.25, 0.3) is 0 Å². The van der Waals surface area contributed by atoms with Gasteiger partial charge in [0.2, 0.25) is 0 Å². The molecule has 7 heavy (non-hydrogen) atoms. The molecule has 0 aromatic carbocycles. The van der Waals surface area contributed by atoms with Crippen molar-refractivity contribution < 1.29 is 20.3 Å². The van der Waals surface area contributed by atoms with Gasteiger partial charge in [-0.25, -0.2) is 0 Å². The molecule has 0 aliphatic carbocycles. The monoisotopic (exact) mass is 108 g/mol. The molecule has 0 aliphatic heterocycles. The first-order chi connectivity index (χ1) is 3.33. The Balaban J connectivity index is 0. The minimum absolute atomic E-state index is 0.125. The highest BCUT2D eigenvalue weighted by Crippen LogP contribution is 1.39. The lowest BCUT2D eigenvalue weighted by Crippen LogP contribution is -1.85. The molecule has 0 heterocycles. The van der Waals surface area contributed by atoms with Gasteiger partial charge in [0.25, 0.3) is 0 Å². The molecule has 4 N–H and O–H groups in total. The fourth-order valence-corrected chi connectivity index (χ4v) is 0. The van der Waals surface area contributed by atoms with Crippen molar-refractivity contribution >= 4 is 7.69 Å². The van der Waals surface area contributed by atoms with Crippen molar-refractivity contribution in [2.75, 3.05) is 13.2 Å². The van der Waals surface area contributed by atoms with E-state index in [-0.39, 0.29) is 13.2 Å². The molecule has 4 nitrogen and oxygen atoms in total. The molecular formula is C2H9BO4. The highest BCUT2D eigenvalue weighted by Gasteiger charge is 1.58. The van der Waals surface area contributed by atoms with E-state index in [1.807, 2.05) is 0 Å². The summed E-state index contributed by atoms with van der Waals surface area (Å²) in [5.74, 6) is 0. The van der Waals surface area contributed by atoms with Crippen molar-refractivity contribution in [3.63, 3.8) is 0 Å². The normalized spacial score (nSPS) is 6.29. The molecule has 0 unspecified atom stereocenters. The molecule has 0 fully saturated rings. The standard InChI is InChI=1S/C2H6O2.BH3O2/c3-1-2-4;2-1-3/h3-4H,1-2H2;1-3H. The Bertz CT molecular complexity index is 17.2. The van der Waals surface area contributed by atoms with Gasteiger partial charge in [-0.3, -0.25) is 0 Å². The maximum atomic E-state index is 7.62. The van der Waals surface area contributed by atoms with Crippen molar-refractivity contribution in [1.82, 2.24) is 0 Å². The molecule has 0 amide bonds. The summed E-state index contributed by atoms with van der Waals surface area (Å²) < 4.78 is 0. The minimum Gasteiger partial charge on any atom is -0.430 e. The fourth-order valence-electron chi connectivity index (χ4n) is 0. The summed E-state index contributed by atoms with van der Waals surface area (Å²) in [6.45, 7) is -0.250. The van der Waals surface area contributed by atoms with Crippen LogP contribution >= 0.6 is 0 Å². The quantitative estimate of drug-likeness (QED) is 0.273. The molecule has 0 aromatic heterocycles. The van der Waals surface area contributed by atoms with E-state index in [4.69, 9.17) is 20.3 Å². The van der Waals surface area contributed by atoms with E-state index in [9.17, 15) is 0 Å². The first-order valence-electron chi connectivity index (χ1n) is 1.76. The molecule has 0 aromatic rings. The summed E-state index contributed by atoms with van der Waals surface area (Å²) in [7, 11) is -0.750. The zero-order chi connectivity index (χ0) is 6.12. The van der Waals surface area contributed by atoms with Crippen LogP contribution in [-0.4, -0.2) is 41.2 Å². The molecule has 44 valence electrons. The average Bonchev–Trinajstić information content (AvgIpc) is 1.69. The van der Waals surface area contributed by atoms with Crippen LogP contribution in [0, 0.1) is 0 Å². The second kappa shape index (κ2) is 16.8. The van der Waals surface area contributed by atoms with Gasteiger partial charge in [-0.05, 0) is 0 Å². The van der Waals surface area contributed by atoms with Gasteiger partial charge in [-0.15, -0.1) is 0 Å². The Hall–Kier alpha value is -0.0951. The Morgan fingerprint density at radius 3 is 1.14 bits per heavy atom. The minimum atomic E-state index is -0.750. The lowest BCUT2D eigenvalue weighted by Gasteiger charge is -1.70. The van der Waals surface area contributed by atoms with Gasteiger partial charge in [0.05, 0.1) is 13.2 Å². The van der Waals surface area contributed by atoms with Crippen LogP contribution in [0.2, 0.25) is 0 Å². The molecule has 0 saturated carbocycles. The fraction of sp³-hybridized carbons (Fsp3) is 1.00. The Kier molecular flexibility index (Phi) is 24.1. The summed E-state index contributed by atoms with van der Waals surface area (Å²) in [5, 5.41) is 29.5. The van der Waals surface area contributed by atoms with Crippen molar-refractivity contribution in [3.8, 4) is 0 Å². The lowest BCUT2D eigenvalue weighted by molar-refractivity contribution is 0.186. The molecule has 5 heteroatoms. The van der Waals surface area contributed by atoms with Gasteiger partial charge in [0.1, 0.15) is 0 Å². The van der Waals surface area contributed by atoms with Gasteiger partial charge < -0.3 is 20.3 Å². The van der Waals surface area contributed by atoms with Crippen LogP contribution in [-0.2, 0) is 0 Å². The largest absolute Gasteiger partial charge is 0.432 e. The van der Waals surface area contributed by atoms with Gasteiger partial charge in [0.15, 0.2) is 0 Å². The van der Waals surface area contributed by atoms with E-state index in [1.165, 1.54) is 0 Å². The van der Waals surface area contributed by atoms with Gasteiger partial charge in [-0.1, -0.05) is 0 Å². The Labute approximate surface area is 42.3 Å². The smallest absolute Gasteiger partial charge is 0.430 e. The molecule has 0 aliphatic rings. The Morgan fingerprint density at radius 1 is 1.00 bits per heavy atom. The van der Waals surface area contributed by atoms with Gasteiger partial charge in [0, 0.05) is 0 Å². The molecular weight excluding hydrogens is 98.8 g/mol. The predicted octanol–water partition coefficient (Wildman–Crippen LogP) is -2.79. The average molecular weight is 108 g/mol. The van der Waals surface area contributed by atoms with Crippen LogP contribution in [0.5, 0.6) is 0 Å². The number of hydrogen-bond donors (Lipinski definition) is 4. The number of hydrogen-bond acceptors (Lipinski definition) is 4. The third kappa shape index (κ3) is 110. The van der Waals surface area contributed by atoms with Gasteiger partial charge in [-0.2, -0.15) is 0 Å². The molecule has 0 radical (unpaired) electrons. The summed E-state index contributed by atoms with van der Waals surface area (Å²) in [4.78, 5) is 0. The molecule has 0 spiro atoms. The second-order valence-electron chi connectivity index (χ2n) is 0.589. The molecule has 0 rings (SSSR count). The summed E-state index contributed by atoms with van der Waals surface area (Å²) in [5.41, 5.74) is 0. The predicted molar refractivity (Wildman–Crippen MR) is 25.8 cm³/mol. The lowest BCUT2D eigenvalue weighted by atomic mass is 10.5. The van der Waals surface area contributed by atoms with Crippen LogP contribution in [0.1, 0.15) is 0 Å². The van der Waals surface area contributed by atoms with E-state index in [0.717, 1.165) is 0 Å². The Morgan fingerprint density at radius 2 is 1.14 bits per heavy atom. The summed E-state index contributed by atoms with van der Waals surface area (Å²) in [6, 6.07) is 0. The van der Waals surface area contributed by atoms with Crippen LogP contribution < -0.4 is 0 Å². The topological polar surface area (TPSA) is 80.9 Å². The van der Waals surface area contributed by atoms with E-state index >= 15 is 0 Å². The van der Waals surface area contributed by atoms with E-state index in [1.54, 1.807) is 0 Å². The second-order valence-corrected chi connectivity index (χ2v) is 0.589. The maximum Gasteiger partial charge on any atom is 0.432 e. The zero-order valence-electron chi connectivity index (χ0n) is 3.91. The number of rotatable bonds is 1. The van der Waals surface area contributed by atoms with Crippen LogP contribution in [0.4, 0.5) is 0 Å². The highest BCUT2D eigenvalue weighted by molar-refractivity contribution is 6.13.